The summed E-state index contributed by atoms with van der Waals surface area (Å²) in [6, 6.07) is 0.342. The molecule has 25 heavy (non-hydrogen) atoms. The van der Waals surface area contributed by atoms with Gasteiger partial charge in [0.1, 0.15) is 5.78 Å². The molecule has 4 nitrogen and oxygen atoms in total. The Balaban J connectivity index is 1.63. The van der Waals surface area contributed by atoms with Gasteiger partial charge in [0.2, 0.25) is 5.91 Å². The van der Waals surface area contributed by atoms with Gasteiger partial charge in [0, 0.05) is 25.2 Å². The van der Waals surface area contributed by atoms with Crippen LogP contribution < -0.4 is 0 Å². The van der Waals surface area contributed by atoms with Gasteiger partial charge < -0.3 is 4.90 Å². The number of amides is 1. The predicted molar refractivity (Wildman–Crippen MR) is 92.6 cm³/mol. The Morgan fingerprint density at radius 3 is 2.52 bits per heavy atom. The van der Waals surface area contributed by atoms with E-state index in [1.54, 1.807) is 6.92 Å². The molecule has 5 rings (SSSR count). The van der Waals surface area contributed by atoms with Crippen molar-refractivity contribution in [3.63, 3.8) is 0 Å². The number of hydrogen-bond donors (Lipinski definition) is 0. The van der Waals surface area contributed by atoms with E-state index in [1.165, 1.54) is 5.57 Å². The zero-order chi connectivity index (χ0) is 17.7. The molecule has 0 aromatic rings. The average Bonchev–Trinajstić information content (AvgIpc) is 3.23. The van der Waals surface area contributed by atoms with Crippen molar-refractivity contribution >= 4 is 17.5 Å². The van der Waals surface area contributed by atoms with Gasteiger partial charge in [-0.25, -0.2) is 0 Å². The van der Waals surface area contributed by atoms with Crippen molar-refractivity contribution in [2.24, 2.45) is 28.6 Å². The molecular weight excluding hydrogens is 314 g/mol. The maximum absolute atomic E-state index is 12.6. The van der Waals surface area contributed by atoms with Crippen LogP contribution in [0, 0.1) is 28.6 Å². The Labute approximate surface area is 149 Å². The first kappa shape index (κ1) is 15.8. The highest BCUT2D eigenvalue weighted by Gasteiger charge is 2.71. The van der Waals surface area contributed by atoms with Gasteiger partial charge in [-0.15, -0.1) is 0 Å². The van der Waals surface area contributed by atoms with E-state index in [2.05, 4.69) is 13.8 Å². The molecule has 0 aromatic carbocycles. The lowest BCUT2D eigenvalue weighted by Gasteiger charge is -2.55. The van der Waals surface area contributed by atoms with E-state index >= 15 is 0 Å². The second kappa shape index (κ2) is 4.63. The van der Waals surface area contributed by atoms with Crippen LogP contribution in [0.4, 0.5) is 0 Å². The Morgan fingerprint density at radius 1 is 1.08 bits per heavy atom. The van der Waals surface area contributed by atoms with Crippen LogP contribution in [0.15, 0.2) is 11.6 Å². The van der Waals surface area contributed by atoms with Crippen LogP contribution in [0.3, 0.4) is 0 Å². The number of likely N-dealkylation sites (tertiary alicyclic amines) is 1. The Hall–Kier alpha value is -1.45. The highest BCUT2D eigenvalue weighted by atomic mass is 16.2. The summed E-state index contributed by atoms with van der Waals surface area (Å²) in [5.41, 5.74) is 1.06. The molecule has 1 amide bonds. The molecule has 0 unspecified atom stereocenters. The summed E-state index contributed by atoms with van der Waals surface area (Å²) in [7, 11) is 0. The van der Waals surface area contributed by atoms with Crippen molar-refractivity contribution in [2.75, 3.05) is 0 Å². The van der Waals surface area contributed by atoms with Gasteiger partial charge in [0.25, 0.3) is 0 Å². The van der Waals surface area contributed by atoms with Crippen molar-refractivity contribution in [3.05, 3.63) is 11.6 Å². The van der Waals surface area contributed by atoms with Crippen molar-refractivity contribution in [1.82, 2.24) is 4.90 Å². The SMILES string of the molecule is CC(=O)N1[C@H]2[C@@H]3[C@H](CC[C@]4(C)C(=O)CC[C@@H]34)[C@@]3(C)CCC(=O)C=C3[C@H]21. The third-order valence-electron chi connectivity index (χ3n) is 8.66. The molecule has 5 aliphatic rings. The van der Waals surface area contributed by atoms with Crippen LogP contribution in [0.5, 0.6) is 0 Å². The third-order valence-corrected chi connectivity index (χ3v) is 8.66. The van der Waals surface area contributed by atoms with Gasteiger partial charge in [0.15, 0.2) is 5.78 Å². The van der Waals surface area contributed by atoms with Gasteiger partial charge in [0.05, 0.1) is 12.1 Å². The number of nitrogens with zero attached hydrogens (tertiary/aromatic N) is 1. The second-order valence-corrected chi connectivity index (χ2v) is 9.55. The Morgan fingerprint density at radius 2 is 1.80 bits per heavy atom. The third kappa shape index (κ3) is 1.76. The molecular formula is C21H27NO3. The van der Waals surface area contributed by atoms with Gasteiger partial charge in [-0.1, -0.05) is 13.8 Å². The topological polar surface area (TPSA) is 54.2 Å². The monoisotopic (exact) mass is 341 g/mol. The Kier molecular flexibility index (Phi) is 2.92. The summed E-state index contributed by atoms with van der Waals surface area (Å²) in [4.78, 5) is 39.0. The largest absolute Gasteiger partial charge is 0.328 e. The van der Waals surface area contributed by atoms with Crippen LogP contribution in [0.1, 0.15) is 59.3 Å². The fourth-order valence-corrected chi connectivity index (χ4v) is 7.33. The van der Waals surface area contributed by atoms with Gasteiger partial charge >= 0.3 is 0 Å². The number of rotatable bonds is 0. The molecule has 0 bridgehead atoms. The number of Topliss-reactive ketones (excluding diaryl/α,β-unsaturated/α-hetero) is 1. The number of ketones is 2. The normalized spacial score (nSPS) is 50.4. The molecule has 134 valence electrons. The molecule has 1 saturated heterocycles. The molecule has 0 spiro atoms. The first-order valence-corrected chi connectivity index (χ1v) is 9.86. The summed E-state index contributed by atoms with van der Waals surface area (Å²) in [6.45, 7) is 6.16. The zero-order valence-electron chi connectivity index (χ0n) is 15.4. The van der Waals surface area contributed by atoms with Crippen molar-refractivity contribution in [1.29, 1.82) is 0 Å². The molecule has 0 radical (unpaired) electrons. The summed E-state index contributed by atoms with van der Waals surface area (Å²) in [5, 5.41) is 0. The predicted octanol–water partition coefficient (Wildman–Crippen LogP) is 2.91. The lowest BCUT2D eigenvalue weighted by atomic mass is 9.47. The van der Waals surface area contributed by atoms with E-state index < -0.39 is 0 Å². The van der Waals surface area contributed by atoms with Crippen LogP contribution in [0.25, 0.3) is 0 Å². The van der Waals surface area contributed by atoms with Gasteiger partial charge in [-0.05, 0) is 60.5 Å². The van der Waals surface area contributed by atoms with Crippen LogP contribution >= 0.6 is 0 Å². The number of carbonyl (C=O) groups is 3. The fourth-order valence-electron chi connectivity index (χ4n) is 7.33. The number of hydrogen-bond acceptors (Lipinski definition) is 3. The second-order valence-electron chi connectivity index (χ2n) is 9.55. The molecule has 1 aliphatic heterocycles. The van der Waals surface area contributed by atoms with Gasteiger partial charge in [-0.3, -0.25) is 14.4 Å². The maximum Gasteiger partial charge on any atom is 0.220 e. The summed E-state index contributed by atoms with van der Waals surface area (Å²) < 4.78 is 0. The first-order valence-electron chi connectivity index (χ1n) is 9.86. The maximum atomic E-state index is 12.6. The minimum absolute atomic E-state index is 0.0247. The molecule has 3 saturated carbocycles. The van der Waals surface area contributed by atoms with E-state index in [1.807, 2.05) is 11.0 Å². The minimum atomic E-state index is -0.182. The van der Waals surface area contributed by atoms with E-state index in [9.17, 15) is 14.4 Å². The zero-order valence-corrected chi connectivity index (χ0v) is 15.4. The molecule has 4 heteroatoms. The first-order chi connectivity index (χ1) is 11.8. The van der Waals surface area contributed by atoms with E-state index in [0.29, 0.717) is 36.4 Å². The highest BCUT2D eigenvalue weighted by molar-refractivity contribution is 5.93. The van der Waals surface area contributed by atoms with Gasteiger partial charge in [-0.2, -0.15) is 0 Å². The van der Waals surface area contributed by atoms with Crippen molar-refractivity contribution in [2.45, 2.75) is 71.4 Å². The number of fused-ring (bicyclic) bond motifs is 8. The van der Waals surface area contributed by atoms with Crippen molar-refractivity contribution in [3.8, 4) is 0 Å². The van der Waals surface area contributed by atoms with E-state index in [0.717, 1.165) is 25.7 Å². The average molecular weight is 341 g/mol. The highest BCUT2D eigenvalue weighted by Crippen LogP contribution is 2.69. The lowest BCUT2D eigenvalue weighted by Crippen LogP contribution is -2.53. The minimum Gasteiger partial charge on any atom is -0.328 e. The van der Waals surface area contributed by atoms with Crippen LogP contribution in [-0.2, 0) is 14.4 Å². The van der Waals surface area contributed by atoms with E-state index in [4.69, 9.17) is 0 Å². The molecule has 0 N–H and O–H groups in total. The molecule has 4 aliphatic carbocycles. The quantitative estimate of drug-likeness (QED) is 0.637. The molecule has 7 atom stereocenters. The lowest BCUT2D eigenvalue weighted by molar-refractivity contribution is -0.132. The molecule has 1 heterocycles. The van der Waals surface area contributed by atoms with Crippen LogP contribution in [0.2, 0.25) is 0 Å². The standard InChI is InChI=1S/C21H27NO3/c1-11(23)22-18-15-10-12(24)6-8-20(15,2)14-7-9-21(3)13(4-5-16(21)25)17(14)19(18)22/h10,13-14,17-19H,4-9H2,1-3H3/t13-,14-,17-,18+,19-,20+,21-,22?/m0/s1. The smallest absolute Gasteiger partial charge is 0.220 e. The van der Waals surface area contributed by atoms with Crippen LogP contribution in [-0.4, -0.2) is 34.5 Å². The van der Waals surface area contributed by atoms with E-state index in [-0.39, 0.29) is 34.6 Å². The summed E-state index contributed by atoms with van der Waals surface area (Å²) in [5.74, 6) is 2.11. The number of carbonyl (C=O) groups excluding carboxylic acids is 3. The molecule has 0 aromatic heterocycles. The molecule has 4 fully saturated rings. The van der Waals surface area contributed by atoms with Crippen molar-refractivity contribution < 1.29 is 14.4 Å². The fraction of sp³-hybridized carbons (Fsp3) is 0.762. The Bertz CT molecular complexity index is 739. The summed E-state index contributed by atoms with van der Waals surface area (Å²) in [6.07, 6.45) is 7.13. The summed E-state index contributed by atoms with van der Waals surface area (Å²) >= 11 is 0.